The molecule has 21 heavy (non-hydrogen) atoms. The highest BCUT2D eigenvalue weighted by molar-refractivity contribution is 4.70. The zero-order chi connectivity index (χ0) is 15.9. The summed E-state index contributed by atoms with van der Waals surface area (Å²) in [6.07, 6.45) is 7.94. The number of unbranched alkanes of at least 4 members (excludes halogenated alkanes) is 5. The zero-order valence-electron chi connectivity index (χ0n) is 14.3. The summed E-state index contributed by atoms with van der Waals surface area (Å²) in [5.74, 6) is 0.538. The van der Waals surface area contributed by atoms with Crippen LogP contribution in [0.1, 0.15) is 65.7 Å². The van der Waals surface area contributed by atoms with E-state index in [-0.39, 0.29) is 12.6 Å². The molecule has 0 aromatic heterocycles. The Hall–Kier alpha value is -0.160. The van der Waals surface area contributed by atoms with E-state index in [9.17, 15) is 10.2 Å². The average molecular weight is 303 g/mol. The van der Waals surface area contributed by atoms with Crippen molar-refractivity contribution in [1.29, 1.82) is 0 Å². The summed E-state index contributed by atoms with van der Waals surface area (Å²) in [6, 6.07) is 0.0678. The van der Waals surface area contributed by atoms with Crippen LogP contribution in [0.15, 0.2) is 0 Å². The van der Waals surface area contributed by atoms with Crippen LogP contribution in [0.3, 0.4) is 0 Å². The fourth-order valence-corrected chi connectivity index (χ4v) is 2.36. The number of nitrogens with one attached hydrogen (secondary N) is 1. The molecule has 2 unspecified atom stereocenters. The van der Waals surface area contributed by atoms with Crippen molar-refractivity contribution in [2.24, 2.45) is 5.92 Å². The molecule has 4 nitrogen and oxygen atoms in total. The Morgan fingerprint density at radius 3 is 2.33 bits per heavy atom. The van der Waals surface area contributed by atoms with Crippen LogP contribution in [0, 0.1) is 5.92 Å². The molecule has 3 N–H and O–H groups in total. The van der Waals surface area contributed by atoms with Gasteiger partial charge in [-0.3, -0.25) is 0 Å². The van der Waals surface area contributed by atoms with Crippen LogP contribution in [0.25, 0.3) is 0 Å². The Kier molecular flexibility index (Phi) is 14.7. The maximum atomic E-state index is 9.83. The molecule has 0 bridgehead atoms. The quantitative estimate of drug-likeness (QED) is 0.407. The second-order valence-corrected chi connectivity index (χ2v) is 6.41. The van der Waals surface area contributed by atoms with E-state index < -0.39 is 6.10 Å². The van der Waals surface area contributed by atoms with Crippen molar-refractivity contribution in [3.63, 3.8) is 0 Å². The van der Waals surface area contributed by atoms with E-state index in [1.165, 1.54) is 32.1 Å². The molecule has 0 radical (unpaired) electrons. The lowest BCUT2D eigenvalue weighted by Crippen LogP contribution is -2.40. The van der Waals surface area contributed by atoms with Crippen LogP contribution in [0.2, 0.25) is 0 Å². The summed E-state index contributed by atoms with van der Waals surface area (Å²) in [7, 11) is 0. The van der Waals surface area contributed by atoms with Gasteiger partial charge in [0.1, 0.15) is 0 Å². The Bertz CT molecular complexity index is 212. The molecule has 128 valence electrons. The highest BCUT2D eigenvalue weighted by Crippen LogP contribution is 2.05. The Morgan fingerprint density at radius 1 is 1.05 bits per heavy atom. The minimum absolute atomic E-state index is 0.0678. The van der Waals surface area contributed by atoms with Gasteiger partial charge in [0, 0.05) is 19.2 Å². The summed E-state index contributed by atoms with van der Waals surface area (Å²) in [5.41, 5.74) is 0. The van der Waals surface area contributed by atoms with Gasteiger partial charge in [0.15, 0.2) is 0 Å². The molecule has 4 heteroatoms. The standard InChI is InChI=1S/C17H37NO3/c1-4-5-6-7-8-9-10-21-14-17(20)12-18-16(13-19)11-15(2)3/h15-20H,4-14H2,1-3H3. The minimum Gasteiger partial charge on any atom is -0.395 e. The number of aliphatic hydroxyl groups excluding tert-OH is 2. The van der Waals surface area contributed by atoms with Crippen molar-refractivity contribution < 1.29 is 14.9 Å². The predicted molar refractivity (Wildman–Crippen MR) is 88.5 cm³/mol. The SMILES string of the molecule is CCCCCCCCOCC(O)CNC(CO)CC(C)C. The molecule has 2 atom stereocenters. The average Bonchev–Trinajstić information content (AvgIpc) is 2.45. The monoisotopic (exact) mass is 303 g/mol. The normalized spacial score (nSPS) is 14.6. The van der Waals surface area contributed by atoms with E-state index in [1.807, 2.05) is 0 Å². The second-order valence-electron chi connectivity index (χ2n) is 6.41. The fraction of sp³-hybridized carbons (Fsp3) is 1.00. The lowest BCUT2D eigenvalue weighted by Gasteiger charge is -2.20. The highest BCUT2D eigenvalue weighted by atomic mass is 16.5. The molecular formula is C17H37NO3. The van der Waals surface area contributed by atoms with Gasteiger partial charge in [-0.1, -0.05) is 52.9 Å². The first-order valence-electron chi connectivity index (χ1n) is 8.70. The van der Waals surface area contributed by atoms with E-state index in [0.29, 0.717) is 19.1 Å². The van der Waals surface area contributed by atoms with Crippen LogP contribution in [0.5, 0.6) is 0 Å². The summed E-state index contributed by atoms with van der Waals surface area (Å²) >= 11 is 0. The van der Waals surface area contributed by atoms with Crippen molar-refractivity contribution in [2.75, 3.05) is 26.4 Å². The summed E-state index contributed by atoms with van der Waals surface area (Å²) in [6.45, 7) is 8.19. The van der Waals surface area contributed by atoms with Crippen molar-refractivity contribution >= 4 is 0 Å². The maximum Gasteiger partial charge on any atom is 0.0897 e. The third kappa shape index (κ3) is 14.5. The molecule has 0 aromatic carbocycles. The van der Waals surface area contributed by atoms with Gasteiger partial charge in [0.2, 0.25) is 0 Å². The first-order valence-corrected chi connectivity index (χ1v) is 8.70. The molecule has 0 saturated carbocycles. The zero-order valence-corrected chi connectivity index (χ0v) is 14.3. The molecule has 0 aliphatic carbocycles. The molecule has 0 aliphatic heterocycles. The number of aliphatic hydroxyl groups is 2. The van der Waals surface area contributed by atoms with Gasteiger partial charge in [0.25, 0.3) is 0 Å². The van der Waals surface area contributed by atoms with Gasteiger partial charge in [0.05, 0.1) is 19.3 Å². The minimum atomic E-state index is -0.494. The van der Waals surface area contributed by atoms with Gasteiger partial charge < -0.3 is 20.3 Å². The van der Waals surface area contributed by atoms with E-state index in [4.69, 9.17) is 4.74 Å². The first-order chi connectivity index (χ1) is 10.1. The number of ether oxygens (including phenoxy) is 1. The molecule has 0 heterocycles. The lowest BCUT2D eigenvalue weighted by atomic mass is 10.0. The number of hydrogen-bond donors (Lipinski definition) is 3. The predicted octanol–water partition coefficient (Wildman–Crippen LogP) is 2.72. The van der Waals surface area contributed by atoms with Crippen molar-refractivity contribution in [1.82, 2.24) is 5.32 Å². The Morgan fingerprint density at radius 2 is 1.71 bits per heavy atom. The second kappa shape index (κ2) is 14.8. The van der Waals surface area contributed by atoms with Crippen molar-refractivity contribution in [3.05, 3.63) is 0 Å². The van der Waals surface area contributed by atoms with Crippen molar-refractivity contribution in [3.8, 4) is 0 Å². The lowest BCUT2D eigenvalue weighted by molar-refractivity contribution is 0.0325. The largest absolute Gasteiger partial charge is 0.395 e. The molecule has 0 aromatic rings. The summed E-state index contributed by atoms with van der Waals surface area (Å²) in [5, 5.41) is 22.3. The molecule has 0 fully saturated rings. The molecule has 0 spiro atoms. The molecule has 0 amide bonds. The van der Waals surface area contributed by atoms with Crippen LogP contribution < -0.4 is 5.32 Å². The summed E-state index contributed by atoms with van der Waals surface area (Å²) < 4.78 is 5.50. The Labute approximate surface area is 131 Å². The maximum absolute atomic E-state index is 9.83. The fourth-order valence-electron chi connectivity index (χ4n) is 2.36. The smallest absolute Gasteiger partial charge is 0.0897 e. The van der Waals surface area contributed by atoms with Crippen molar-refractivity contribution in [2.45, 2.75) is 77.9 Å². The van der Waals surface area contributed by atoms with Gasteiger partial charge in [-0.25, -0.2) is 0 Å². The third-order valence-electron chi connectivity index (χ3n) is 3.57. The van der Waals surface area contributed by atoms with Crippen LogP contribution in [-0.4, -0.2) is 48.7 Å². The molecule has 0 saturated heterocycles. The van der Waals surface area contributed by atoms with E-state index in [2.05, 4.69) is 26.1 Å². The Balaban J connectivity index is 3.42. The van der Waals surface area contributed by atoms with Gasteiger partial charge in [-0.05, 0) is 18.8 Å². The number of hydrogen-bond acceptors (Lipinski definition) is 4. The first kappa shape index (κ1) is 20.8. The van der Waals surface area contributed by atoms with E-state index in [0.717, 1.165) is 19.4 Å². The van der Waals surface area contributed by atoms with Gasteiger partial charge >= 0.3 is 0 Å². The van der Waals surface area contributed by atoms with Crippen LogP contribution in [-0.2, 0) is 4.74 Å². The van der Waals surface area contributed by atoms with Gasteiger partial charge in [-0.15, -0.1) is 0 Å². The highest BCUT2D eigenvalue weighted by Gasteiger charge is 2.11. The molecule has 0 aliphatic rings. The van der Waals surface area contributed by atoms with E-state index in [1.54, 1.807) is 0 Å². The van der Waals surface area contributed by atoms with E-state index >= 15 is 0 Å². The summed E-state index contributed by atoms with van der Waals surface area (Å²) in [4.78, 5) is 0. The topological polar surface area (TPSA) is 61.7 Å². The van der Waals surface area contributed by atoms with Crippen LogP contribution >= 0.6 is 0 Å². The van der Waals surface area contributed by atoms with Gasteiger partial charge in [-0.2, -0.15) is 0 Å². The molecular weight excluding hydrogens is 266 g/mol. The third-order valence-corrected chi connectivity index (χ3v) is 3.57. The number of rotatable bonds is 15. The molecule has 0 rings (SSSR count). The van der Waals surface area contributed by atoms with Crippen LogP contribution in [0.4, 0.5) is 0 Å².